The summed E-state index contributed by atoms with van der Waals surface area (Å²) in [6.07, 6.45) is 0.581. The number of hydrogen-bond acceptors (Lipinski definition) is 6. The number of hydrogen-bond donors (Lipinski definition) is 5. The van der Waals surface area contributed by atoms with Gasteiger partial charge in [-0.1, -0.05) is 72.8 Å². The number of carbonyl (C=O) groups excluding carboxylic acids is 4. The van der Waals surface area contributed by atoms with Gasteiger partial charge in [0.2, 0.25) is 23.6 Å². The molecule has 0 spiro atoms. The maximum atomic E-state index is 13.3. The first-order valence-corrected chi connectivity index (χ1v) is 12.9. The molecule has 0 heterocycles. The zero-order chi connectivity index (χ0) is 29.1. The zero-order valence-electron chi connectivity index (χ0n) is 22.3. The van der Waals surface area contributed by atoms with Gasteiger partial charge in [-0.25, -0.2) is 0 Å². The van der Waals surface area contributed by atoms with E-state index in [1.54, 1.807) is 12.1 Å². The lowest BCUT2D eigenvalue weighted by molar-refractivity contribution is -0.137. The van der Waals surface area contributed by atoms with Gasteiger partial charge in [0.05, 0.1) is 12.6 Å². The molecule has 3 atom stereocenters. The average molecular weight is 546 g/mol. The van der Waals surface area contributed by atoms with Crippen molar-refractivity contribution in [3.63, 3.8) is 0 Å². The van der Waals surface area contributed by atoms with Crippen LogP contribution in [0.15, 0.2) is 84.9 Å². The van der Waals surface area contributed by atoms with Crippen LogP contribution in [0, 0.1) is 0 Å². The van der Waals surface area contributed by atoms with Crippen molar-refractivity contribution in [2.24, 2.45) is 11.5 Å². The Hall–Kier alpha value is -4.70. The fourth-order valence-electron chi connectivity index (χ4n) is 4.19. The summed E-state index contributed by atoms with van der Waals surface area (Å²) < 4.78 is 0. The number of amides is 4. The van der Waals surface area contributed by atoms with E-state index in [-0.39, 0.29) is 31.6 Å². The van der Waals surface area contributed by atoms with Gasteiger partial charge in [-0.3, -0.25) is 19.2 Å². The third kappa shape index (κ3) is 9.25. The standard InChI is InChI=1S/C30H35N5O5/c1-35(30(40)24(31)16-22-12-14-23(36)15-13-22)19-27(37)33-26(18-21-10-6-3-7-11-21)29(39)34-25(28(32)38)17-20-8-4-2-5-9-20/h2-15,24-26,36H,16-19,31H2,1H3,(H2,32,38)(H,33,37)(H,34,39)/t24-,25-,26-/m0/s1. The quantitative estimate of drug-likeness (QED) is 0.211. The SMILES string of the molecule is CN(CC(=O)N[C@@H](Cc1ccccc1)C(=O)N[C@@H](Cc1ccccc1)C(N)=O)C(=O)[C@@H](N)Cc1ccc(O)cc1. The molecule has 0 aliphatic carbocycles. The molecule has 0 aromatic heterocycles. The van der Waals surface area contributed by atoms with Crippen molar-refractivity contribution < 1.29 is 24.3 Å². The number of rotatable bonds is 13. The number of phenols is 1. The van der Waals surface area contributed by atoms with Gasteiger partial charge in [0.1, 0.15) is 17.8 Å². The van der Waals surface area contributed by atoms with Crippen molar-refractivity contribution in [3.8, 4) is 5.75 Å². The zero-order valence-corrected chi connectivity index (χ0v) is 22.3. The molecule has 0 radical (unpaired) electrons. The third-order valence-electron chi connectivity index (χ3n) is 6.34. The van der Waals surface area contributed by atoms with Crippen LogP contribution in [0.2, 0.25) is 0 Å². The fraction of sp³-hybridized carbons (Fsp3) is 0.267. The predicted octanol–water partition coefficient (Wildman–Crippen LogP) is 0.661. The Morgan fingerprint density at radius 3 is 1.77 bits per heavy atom. The molecule has 0 aliphatic rings. The molecule has 4 amide bonds. The minimum absolute atomic E-state index is 0.105. The van der Waals surface area contributed by atoms with Gasteiger partial charge in [-0.2, -0.15) is 0 Å². The summed E-state index contributed by atoms with van der Waals surface area (Å²) in [5.41, 5.74) is 14.0. The van der Waals surface area contributed by atoms with E-state index in [1.807, 2.05) is 60.7 Å². The van der Waals surface area contributed by atoms with E-state index >= 15 is 0 Å². The van der Waals surface area contributed by atoms with Crippen molar-refractivity contribution in [3.05, 3.63) is 102 Å². The predicted molar refractivity (Wildman–Crippen MR) is 151 cm³/mol. The summed E-state index contributed by atoms with van der Waals surface area (Å²) in [7, 11) is 1.45. The highest BCUT2D eigenvalue weighted by Crippen LogP contribution is 2.12. The van der Waals surface area contributed by atoms with E-state index in [0.29, 0.717) is 0 Å². The Morgan fingerprint density at radius 1 is 0.750 bits per heavy atom. The van der Waals surface area contributed by atoms with Gasteiger partial charge in [0.25, 0.3) is 0 Å². The molecule has 0 unspecified atom stereocenters. The van der Waals surface area contributed by atoms with Gasteiger partial charge >= 0.3 is 0 Å². The van der Waals surface area contributed by atoms with Crippen molar-refractivity contribution in [2.45, 2.75) is 37.4 Å². The average Bonchev–Trinajstić information content (AvgIpc) is 2.94. The van der Waals surface area contributed by atoms with Crippen LogP contribution in [0.3, 0.4) is 0 Å². The Balaban J connectivity index is 1.65. The summed E-state index contributed by atoms with van der Waals surface area (Å²) in [5.74, 6) is -2.19. The van der Waals surface area contributed by atoms with Crippen LogP contribution in [-0.2, 0) is 38.4 Å². The van der Waals surface area contributed by atoms with Gasteiger partial charge in [-0.05, 0) is 35.2 Å². The fourth-order valence-corrected chi connectivity index (χ4v) is 4.19. The smallest absolute Gasteiger partial charge is 0.243 e. The van der Waals surface area contributed by atoms with Crippen molar-refractivity contribution >= 4 is 23.6 Å². The molecule has 3 aromatic carbocycles. The Labute approximate surface area is 233 Å². The molecule has 210 valence electrons. The molecule has 40 heavy (non-hydrogen) atoms. The number of nitrogens with two attached hydrogens (primary N) is 2. The maximum Gasteiger partial charge on any atom is 0.243 e. The number of aromatic hydroxyl groups is 1. The number of primary amides is 1. The van der Waals surface area contributed by atoms with Crippen molar-refractivity contribution in [2.75, 3.05) is 13.6 Å². The Kier molecular flexibility index (Phi) is 10.8. The van der Waals surface area contributed by atoms with Crippen molar-refractivity contribution in [1.82, 2.24) is 15.5 Å². The molecule has 0 bridgehead atoms. The Bertz CT molecular complexity index is 1280. The number of phenolic OH excluding ortho intramolecular Hbond substituents is 1. The summed E-state index contributed by atoms with van der Waals surface area (Å²) in [4.78, 5) is 52.4. The molecule has 10 nitrogen and oxygen atoms in total. The monoisotopic (exact) mass is 545 g/mol. The van der Waals surface area contributed by atoms with Crippen LogP contribution >= 0.6 is 0 Å². The molecule has 3 aromatic rings. The second-order valence-electron chi connectivity index (χ2n) is 9.63. The molecular formula is C30H35N5O5. The lowest BCUT2D eigenvalue weighted by atomic mass is 10.0. The van der Waals surface area contributed by atoms with Gasteiger partial charge < -0.3 is 32.1 Å². The highest BCUT2D eigenvalue weighted by atomic mass is 16.3. The third-order valence-corrected chi connectivity index (χ3v) is 6.34. The van der Waals surface area contributed by atoms with E-state index in [1.165, 1.54) is 24.1 Å². The molecule has 0 saturated carbocycles. The largest absolute Gasteiger partial charge is 0.508 e. The molecule has 3 rings (SSSR count). The first kappa shape index (κ1) is 29.9. The van der Waals surface area contributed by atoms with Crippen LogP contribution in [0.1, 0.15) is 16.7 Å². The lowest BCUT2D eigenvalue weighted by Gasteiger charge is -2.24. The minimum Gasteiger partial charge on any atom is -0.508 e. The van der Waals surface area contributed by atoms with Gasteiger partial charge in [0.15, 0.2) is 0 Å². The minimum atomic E-state index is -1.03. The molecular weight excluding hydrogens is 510 g/mol. The summed E-state index contributed by atoms with van der Waals surface area (Å²) in [5, 5.41) is 14.8. The van der Waals surface area contributed by atoms with E-state index in [4.69, 9.17) is 11.5 Å². The van der Waals surface area contributed by atoms with Gasteiger partial charge in [0, 0.05) is 19.9 Å². The Morgan fingerprint density at radius 2 is 1.25 bits per heavy atom. The second kappa shape index (κ2) is 14.5. The number of likely N-dealkylation sites (N-methyl/N-ethyl adjacent to an activating group) is 1. The molecule has 10 heteroatoms. The molecule has 0 aliphatic heterocycles. The summed E-state index contributed by atoms with van der Waals surface area (Å²) in [6.45, 7) is -0.329. The summed E-state index contributed by atoms with van der Waals surface area (Å²) in [6, 6.07) is 21.7. The van der Waals surface area contributed by atoms with Crippen molar-refractivity contribution in [1.29, 1.82) is 0 Å². The van der Waals surface area contributed by atoms with E-state index < -0.39 is 41.8 Å². The second-order valence-corrected chi connectivity index (χ2v) is 9.63. The van der Waals surface area contributed by atoms with Crippen LogP contribution in [0.5, 0.6) is 5.75 Å². The highest BCUT2D eigenvalue weighted by Gasteiger charge is 2.27. The highest BCUT2D eigenvalue weighted by molar-refractivity contribution is 5.93. The van der Waals surface area contributed by atoms with E-state index in [9.17, 15) is 24.3 Å². The number of nitrogens with zero attached hydrogens (tertiary/aromatic N) is 1. The molecule has 0 saturated heterocycles. The first-order chi connectivity index (χ1) is 19.1. The number of carbonyl (C=O) groups is 4. The van der Waals surface area contributed by atoms with Gasteiger partial charge in [-0.15, -0.1) is 0 Å². The maximum absolute atomic E-state index is 13.3. The number of nitrogens with one attached hydrogen (secondary N) is 2. The summed E-state index contributed by atoms with van der Waals surface area (Å²) >= 11 is 0. The van der Waals surface area contributed by atoms with Crippen LogP contribution in [-0.4, -0.2) is 65.4 Å². The van der Waals surface area contributed by atoms with E-state index in [0.717, 1.165) is 16.7 Å². The first-order valence-electron chi connectivity index (χ1n) is 12.9. The van der Waals surface area contributed by atoms with Crippen LogP contribution in [0.25, 0.3) is 0 Å². The normalized spacial score (nSPS) is 12.9. The van der Waals surface area contributed by atoms with Crippen LogP contribution in [0.4, 0.5) is 0 Å². The lowest BCUT2D eigenvalue weighted by Crippen LogP contribution is -2.56. The topological polar surface area (TPSA) is 168 Å². The van der Waals surface area contributed by atoms with E-state index in [2.05, 4.69) is 10.6 Å². The van der Waals surface area contributed by atoms with Crippen LogP contribution < -0.4 is 22.1 Å². The molecule has 0 fully saturated rings. The number of benzene rings is 3. The molecule has 7 N–H and O–H groups in total.